The molecular formula is C12H14N2O3. The minimum absolute atomic E-state index is 0.162. The minimum Gasteiger partial charge on any atom is -0.355 e. The first-order chi connectivity index (χ1) is 8.02. The van der Waals surface area contributed by atoms with Gasteiger partial charge in [-0.1, -0.05) is 6.07 Å². The van der Waals surface area contributed by atoms with E-state index in [0.717, 1.165) is 0 Å². The van der Waals surface area contributed by atoms with Crippen LogP contribution in [0.4, 0.5) is 5.69 Å². The first-order valence-electron chi connectivity index (χ1n) is 5.14. The third-order valence-electron chi connectivity index (χ3n) is 2.05. The molecule has 0 aliphatic carbocycles. The third kappa shape index (κ3) is 4.06. The van der Waals surface area contributed by atoms with Gasteiger partial charge in [0.15, 0.2) is 0 Å². The Bertz CT molecular complexity index is 455. The molecule has 0 radical (unpaired) electrons. The lowest BCUT2D eigenvalue weighted by Gasteiger charge is -2.05. The van der Waals surface area contributed by atoms with Crippen molar-refractivity contribution in [2.75, 3.05) is 12.4 Å². The summed E-state index contributed by atoms with van der Waals surface area (Å²) in [4.78, 5) is 33.4. The maximum Gasteiger partial charge on any atom is 0.251 e. The number of hydrogen-bond donors (Lipinski definition) is 2. The van der Waals surface area contributed by atoms with Crippen LogP contribution in [0.1, 0.15) is 23.7 Å². The van der Waals surface area contributed by atoms with E-state index in [9.17, 15) is 14.4 Å². The molecule has 0 fully saturated rings. The first-order valence-corrected chi connectivity index (χ1v) is 5.14. The molecule has 0 aliphatic rings. The molecule has 2 N–H and O–H groups in total. The van der Waals surface area contributed by atoms with E-state index in [1.165, 1.54) is 14.0 Å². The van der Waals surface area contributed by atoms with Crippen molar-refractivity contribution >= 4 is 23.3 Å². The summed E-state index contributed by atoms with van der Waals surface area (Å²) in [6, 6.07) is 6.51. The summed E-state index contributed by atoms with van der Waals surface area (Å²) in [7, 11) is 1.53. The molecule has 0 bridgehead atoms. The first kappa shape index (κ1) is 12.9. The molecule has 0 aromatic heterocycles. The number of anilines is 1. The summed E-state index contributed by atoms with van der Waals surface area (Å²) in [5.41, 5.74) is 0.950. The van der Waals surface area contributed by atoms with Crippen molar-refractivity contribution in [2.24, 2.45) is 0 Å². The Hall–Kier alpha value is -2.17. The van der Waals surface area contributed by atoms with E-state index in [-0.39, 0.29) is 24.0 Å². The van der Waals surface area contributed by atoms with Gasteiger partial charge in [-0.25, -0.2) is 0 Å². The van der Waals surface area contributed by atoms with Crippen molar-refractivity contribution in [3.63, 3.8) is 0 Å². The van der Waals surface area contributed by atoms with Crippen LogP contribution in [0, 0.1) is 0 Å². The maximum absolute atomic E-state index is 11.4. The largest absolute Gasteiger partial charge is 0.355 e. The van der Waals surface area contributed by atoms with Crippen LogP contribution < -0.4 is 10.6 Å². The van der Waals surface area contributed by atoms with E-state index >= 15 is 0 Å². The summed E-state index contributed by atoms with van der Waals surface area (Å²) >= 11 is 0. The zero-order chi connectivity index (χ0) is 12.8. The molecule has 0 aliphatic heterocycles. The van der Waals surface area contributed by atoms with Gasteiger partial charge in [0.2, 0.25) is 5.91 Å². The Morgan fingerprint density at radius 1 is 1.24 bits per heavy atom. The Morgan fingerprint density at radius 3 is 2.53 bits per heavy atom. The van der Waals surface area contributed by atoms with Crippen LogP contribution in [-0.2, 0) is 9.59 Å². The van der Waals surface area contributed by atoms with Gasteiger partial charge in [0.1, 0.15) is 5.78 Å². The van der Waals surface area contributed by atoms with Crippen LogP contribution in [0.5, 0.6) is 0 Å². The second kappa shape index (κ2) is 5.79. The van der Waals surface area contributed by atoms with Gasteiger partial charge in [0, 0.05) is 18.3 Å². The van der Waals surface area contributed by atoms with Crippen LogP contribution in [0.2, 0.25) is 0 Å². The average molecular weight is 234 g/mol. The predicted molar refractivity (Wildman–Crippen MR) is 63.8 cm³/mol. The fourth-order valence-corrected chi connectivity index (χ4v) is 1.31. The zero-order valence-corrected chi connectivity index (χ0v) is 9.74. The molecule has 0 spiro atoms. The smallest absolute Gasteiger partial charge is 0.251 e. The molecule has 0 heterocycles. The average Bonchev–Trinajstić information content (AvgIpc) is 2.27. The number of rotatable bonds is 4. The minimum atomic E-state index is -0.383. The number of Topliss-reactive ketones (excluding diaryl/α,β-unsaturated/α-hetero) is 1. The molecule has 0 atom stereocenters. The van der Waals surface area contributed by atoms with Gasteiger partial charge in [-0.3, -0.25) is 14.4 Å². The van der Waals surface area contributed by atoms with E-state index in [0.29, 0.717) is 11.3 Å². The topological polar surface area (TPSA) is 75.3 Å². The fraction of sp³-hybridized carbons (Fsp3) is 0.250. The van der Waals surface area contributed by atoms with Gasteiger partial charge < -0.3 is 10.6 Å². The number of ketones is 1. The molecule has 5 heteroatoms. The van der Waals surface area contributed by atoms with Gasteiger partial charge in [-0.2, -0.15) is 0 Å². The highest BCUT2D eigenvalue weighted by atomic mass is 16.2. The molecule has 0 saturated heterocycles. The third-order valence-corrected chi connectivity index (χ3v) is 2.05. The fourth-order valence-electron chi connectivity index (χ4n) is 1.31. The van der Waals surface area contributed by atoms with Crippen molar-refractivity contribution in [3.05, 3.63) is 29.8 Å². The van der Waals surface area contributed by atoms with Gasteiger partial charge >= 0.3 is 0 Å². The molecule has 0 unspecified atom stereocenters. The number of amides is 2. The Kier molecular flexibility index (Phi) is 4.39. The van der Waals surface area contributed by atoms with E-state index in [1.807, 2.05) is 0 Å². The monoisotopic (exact) mass is 234 g/mol. The van der Waals surface area contributed by atoms with Crippen LogP contribution >= 0.6 is 0 Å². The van der Waals surface area contributed by atoms with Gasteiger partial charge in [0.25, 0.3) is 5.91 Å². The van der Waals surface area contributed by atoms with Gasteiger partial charge in [-0.05, 0) is 25.1 Å². The molecule has 1 aromatic rings. The summed E-state index contributed by atoms with van der Waals surface area (Å²) in [5.74, 6) is -0.816. The lowest BCUT2D eigenvalue weighted by atomic mass is 10.2. The Balaban J connectivity index is 2.75. The molecule has 1 rings (SSSR count). The van der Waals surface area contributed by atoms with Crippen molar-refractivity contribution in [3.8, 4) is 0 Å². The lowest BCUT2D eigenvalue weighted by Crippen LogP contribution is -2.19. The molecule has 5 nitrogen and oxygen atoms in total. The van der Waals surface area contributed by atoms with Crippen molar-refractivity contribution in [1.29, 1.82) is 0 Å². The second-order valence-corrected chi connectivity index (χ2v) is 3.59. The number of nitrogens with one attached hydrogen (secondary N) is 2. The summed E-state index contributed by atoms with van der Waals surface area (Å²) in [5, 5.41) is 5.04. The van der Waals surface area contributed by atoms with Gasteiger partial charge in [0.05, 0.1) is 6.42 Å². The lowest BCUT2D eigenvalue weighted by molar-refractivity contribution is -0.124. The number of carbonyl (C=O) groups is 3. The van der Waals surface area contributed by atoms with Crippen LogP contribution in [0.15, 0.2) is 24.3 Å². The van der Waals surface area contributed by atoms with E-state index < -0.39 is 0 Å². The van der Waals surface area contributed by atoms with Gasteiger partial charge in [-0.15, -0.1) is 0 Å². The molecule has 90 valence electrons. The van der Waals surface area contributed by atoms with Crippen molar-refractivity contribution < 1.29 is 14.4 Å². The Labute approximate surface area is 99.2 Å². The summed E-state index contributed by atoms with van der Waals surface area (Å²) in [6.45, 7) is 1.35. The Morgan fingerprint density at radius 2 is 1.94 bits per heavy atom. The number of carbonyl (C=O) groups excluding carboxylic acids is 3. The zero-order valence-electron chi connectivity index (χ0n) is 9.74. The molecule has 2 amide bonds. The quantitative estimate of drug-likeness (QED) is 0.762. The van der Waals surface area contributed by atoms with Crippen molar-refractivity contribution in [1.82, 2.24) is 5.32 Å². The van der Waals surface area contributed by atoms with E-state index in [4.69, 9.17) is 0 Å². The van der Waals surface area contributed by atoms with Crippen LogP contribution in [0.3, 0.4) is 0 Å². The van der Waals surface area contributed by atoms with E-state index in [1.54, 1.807) is 24.3 Å². The highest BCUT2D eigenvalue weighted by Crippen LogP contribution is 2.10. The van der Waals surface area contributed by atoms with Crippen molar-refractivity contribution in [2.45, 2.75) is 13.3 Å². The number of benzene rings is 1. The normalized spacial score (nSPS) is 9.53. The summed E-state index contributed by atoms with van der Waals surface area (Å²) < 4.78 is 0. The highest BCUT2D eigenvalue weighted by Gasteiger charge is 2.07. The predicted octanol–water partition coefficient (Wildman–Crippen LogP) is 0.964. The molecular weight excluding hydrogens is 220 g/mol. The number of hydrogen-bond acceptors (Lipinski definition) is 3. The molecule has 17 heavy (non-hydrogen) atoms. The highest BCUT2D eigenvalue weighted by molar-refractivity contribution is 6.04. The SMILES string of the molecule is CNC(=O)c1cccc(NC(=O)CC(C)=O)c1. The van der Waals surface area contributed by atoms with Crippen LogP contribution in [-0.4, -0.2) is 24.6 Å². The molecule has 1 aromatic carbocycles. The maximum atomic E-state index is 11.4. The molecule has 0 saturated carbocycles. The van der Waals surface area contributed by atoms with E-state index in [2.05, 4.69) is 10.6 Å². The second-order valence-electron chi connectivity index (χ2n) is 3.59. The summed E-state index contributed by atoms with van der Waals surface area (Å²) in [6.07, 6.45) is -0.162. The van der Waals surface area contributed by atoms with Crippen LogP contribution in [0.25, 0.3) is 0 Å². The standard InChI is InChI=1S/C12H14N2O3/c1-8(15)6-11(16)14-10-5-3-4-9(7-10)12(17)13-2/h3-5,7H,6H2,1-2H3,(H,13,17)(H,14,16).